The first-order valence-electron chi connectivity index (χ1n) is 6.05. The molecular formula is C15H11N3. The number of aliphatic imine (C=N–C) groups is 1. The lowest BCUT2D eigenvalue weighted by Crippen LogP contribution is -2.19. The Morgan fingerprint density at radius 1 is 1.00 bits per heavy atom. The van der Waals surface area contributed by atoms with Crippen LogP contribution in [0.4, 0.5) is 0 Å². The highest BCUT2D eigenvalue weighted by atomic mass is 14.9. The van der Waals surface area contributed by atoms with Gasteiger partial charge in [0.25, 0.3) is 0 Å². The van der Waals surface area contributed by atoms with E-state index in [2.05, 4.69) is 33.2 Å². The maximum atomic E-state index is 4.60. The Bertz CT molecular complexity index is 613. The molecule has 3 nitrogen and oxygen atoms in total. The fourth-order valence-electron chi connectivity index (χ4n) is 2.79. The van der Waals surface area contributed by atoms with E-state index in [4.69, 9.17) is 0 Å². The van der Waals surface area contributed by atoms with Crippen molar-refractivity contribution in [2.45, 2.75) is 12.0 Å². The molecular weight excluding hydrogens is 222 g/mol. The SMILES string of the molecule is C1=CC2c3ncccc3-c3ncccc3C2N=C1. The molecule has 4 rings (SSSR count). The second-order valence-electron chi connectivity index (χ2n) is 4.53. The highest BCUT2D eigenvalue weighted by molar-refractivity contribution is 5.77. The van der Waals surface area contributed by atoms with Crippen LogP contribution in [0.2, 0.25) is 0 Å². The minimum absolute atomic E-state index is 0.126. The van der Waals surface area contributed by atoms with Gasteiger partial charge < -0.3 is 0 Å². The Labute approximate surface area is 105 Å². The Hall–Kier alpha value is -2.29. The molecule has 0 amide bonds. The smallest absolute Gasteiger partial charge is 0.0888 e. The number of hydrogen-bond acceptors (Lipinski definition) is 3. The summed E-state index contributed by atoms with van der Waals surface area (Å²) in [6.45, 7) is 0. The van der Waals surface area contributed by atoms with Crippen molar-refractivity contribution in [2.24, 2.45) is 4.99 Å². The summed E-state index contributed by atoms with van der Waals surface area (Å²) in [5.41, 5.74) is 4.44. The zero-order valence-corrected chi connectivity index (χ0v) is 9.69. The summed E-state index contributed by atoms with van der Waals surface area (Å²) in [5, 5.41) is 0. The molecule has 86 valence electrons. The van der Waals surface area contributed by atoms with Gasteiger partial charge in [-0.15, -0.1) is 0 Å². The first kappa shape index (κ1) is 9.71. The van der Waals surface area contributed by atoms with Crippen LogP contribution in [0.3, 0.4) is 0 Å². The van der Waals surface area contributed by atoms with Crippen molar-refractivity contribution in [3.8, 4) is 11.3 Å². The van der Waals surface area contributed by atoms with Crippen molar-refractivity contribution in [1.82, 2.24) is 9.97 Å². The normalized spacial score (nSPS) is 23.1. The first-order chi connectivity index (χ1) is 8.95. The first-order valence-corrected chi connectivity index (χ1v) is 6.05. The number of fused-ring (bicyclic) bond motifs is 6. The van der Waals surface area contributed by atoms with E-state index in [0.717, 1.165) is 17.0 Å². The molecule has 0 N–H and O–H groups in total. The summed E-state index contributed by atoms with van der Waals surface area (Å²) in [7, 11) is 0. The van der Waals surface area contributed by atoms with Gasteiger partial charge in [-0.2, -0.15) is 0 Å². The molecule has 0 bridgehead atoms. The lowest BCUT2D eigenvalue weighted by atomic mass is 9.79. The van der Waals surface area contributed by atoms with Gasteiger partial charge in [0.05, 0.1) is 17.4 Å². The molecule has 3 heteroatoms. The third-order valence-electron chi connectivity index (χ3n) is 3.56. The zero-order chi connectivity index (χ0) is 11.9. The highest BCUT2D eigenvalue weighted by Crippen LogP contribution is 2.46. The van der Waals surface area contributed by atoms with Crippen molar-refractivity contribution in [3.63, 3.8) is 0 Å². The monoisotopic (exact) mass is 233 g/mol. The average Bonchev–Trinajstić information content (AvgIpc) is 2.48. The van der Waals surface area contributed by atoms with E-state index >= 15 is 0 Å². The molecule has 0 radical (unpaired) electrons. The van der Waals surface area contributed by atoms with Gasteiger partial charge in [0, 0.05) is 35.7 Å². The van der Waals surface area contributed by atoms with Crippen LogP contribution in [0.25, 0.3) is 11.3 Å². The molecule has 0 saturated heterocycles. The molecule has 0 fully saturated rings. The summed E-state index contributed by atoms with van der Waals surface area (Å²) in [5.74, 6) is 0.239. The molecule has 0 saturated carbocycles. The van der Waals surface area contributed by atoms with Crippen molar-refractivity contribution < 1.29 is 0 Å². The second-order valence-corrected chi connectivity index (χ2v) is 4.53. The van der Waals surface area contributed by atoms with Crippen LogP contribution in [0.5, 0.6) is 0 Å². The molecule has 1 aliphatic heterocycles. The predicted molar refractivity (Wildman–Crippen MR) is 70.6 cm³/mol. The van der Waals surface area contributed by atoms with Gasteiger partial charge in [-0.05, 0) is 24.3 Å². The lowest BCUT2D eigenvalue weighted by Gasteiger charge is -2.30. The van der Waals surface area contributed by atoms with E-state index in [0.29, 0.717) is 0 Å². The van der Waals surface area contributed by atoms with Gasteiger partial charge in [0.2, 0.25) is 0 Å². The number of nitrogens with zero attached hydrogens (tertiary/aromatic N) is 3. The molecule has 2 unspecified atom stereocenters. The molecule has 2 aliphatic rings. The van der Waals surface area contributed by atoms with Gasteiger partial charge >= 0.3 is 0 Å². The number of rotatable bonds is 0. The highest BCUT2D eigenvalue weighted by Gasteiger charge is 2.34. The van der Waals surface area contributed by atoms with Gasteiger partial charge in [0.15, 0.2) is 0 Å². The van der Waals surface area contributed by atoms with Gasteiger partial charge in [0.1, 0.15) is 0 Å². The maximum absolute atomic E-state index is 4.60. The summed E-state index contributed by atoms with van der Waals surface area (Å²) in [4.78, 5) is 13.7. The van der Waals surface area contributed by atoms with Crippen LogP contribution in [0, 0.1) is 0 Å². The van der Waals surface area contributed by atoms with Crippen LogP contribution in [-0.2, 0) is 0 Å². The topological polar surface area (TPSA) is 38.1 Å². The molecule has 0 spiro atoms. The van der Waals surface area contributed by atoms with E-state index in [1.165, 1.54) is 5.56 Å². The Morgan fingerprint density at radius 3 is 2.89 bits per heavy atom. The molecule has 2 aromatic rings. The molecule has 1 aliphatic carbocycles. The fourth-order valence-corrected chi connectivity index (χ4v) is 2.79. The summed E-state index contributed by atoms with van der Waals surface area (Å²) < 4.78 is 0. The number of allylic oxidation sites excluding steroid dienone is 1. The third kappa shape index (κ3) is 1.21. The van der Waals surface area contributed by atoms with Crippen LogP contribution in [0.15, 0.2) is 53.8 Å². The van der Waals surface area contributed by atoms with Gasteiger partial charge in [-0.3, -0.25) is 15.0 Å². The summed E-state index contributed by atoms with van der Waals surface area (Å²) in [6, 6.07) is 8.28. The van der Waals surface area contributed by atoms with Crippen molar-refractivity contribution >= 4 is 6.21 Å². The van der Waals surface area contributed by atoms with Crippen LogP contribution < -0.4 is 0 Å². The van der Waals surface area contributed by atoms with E-state index in [9.17, 15) is 0 Å². The fraction of sp³-hybridized carbons (Fsp3) is 0.133. The minimum atomic E-state index is 0.126. The number of hydrogen-bond donors (Lipinski definition) is 0. The van der Waals surface area contributed by atoms with E-state index in [-0.39, 0.29) is 12.0 Å². The van der Waals surface area contributed by atoms with E-state index in [1.54, 1.807) is 0 Å². The van der Waals surface area contributed by atoms with Crippen molar-refractivity contribution in [2.75, 3.05) is 0 Å². The third-order valence-corrected chi connectivity index (χ3v) is 3.56. The Morgan fingerprint density at radius 2 is 1.89 bits per heavy atom. The average molecular weight is 233 g/mol. The number of dihydropyridines is 1. The Kier molecular flexibility index (Phi) is 1.94. The largest absolute Gasteiger partial charge is 0.284 e. The minimum Gasteiger partial charge on any atom is -0.284 e. The summed E-state index contributed by atoms with van der Waals surface area (Å²) in [6.07, 6.45) is 9.72. The van der Waals surface area contributed by atoms with E-state index < -0.39 is 0 Å². The van der Waals surface area contributed by atoms with E-state index in [1.807, 2.05) is 36.8 Å². The zero-order valence-electron chi connectivity index (χ0n) is 9.69. The van der Waals surface area contributed by atoms with Crippen LogP contribution >= 0.6 is 0 Å². The van der Waals surface area contributed by atoms with Gasteiger partial charge in [-0.1, -0.05) is 12.1 Å². The molecule has 2 atom stereocenters. The second kappa shape index (κ2) is 3.60. The number of aromatic nitrogens is 2. The lowest BCUT2D eigenvalue weighted by molar-refractivity contribution is 0.619. The van der Waals surface area contributed by atoms with Gasteiger partial charge in [-0.25, -0.2) is 0 Å². The van der Waals surface area contributed by atoms with Crippen molar-refractivity contribution in [1.29, 1.82) is 0 Å². The molecule has 3 heterocycles. The Balaban J connectivity index is 2.06. The van der Waals surface area contributed by atoms with Crippen molar-refractivity contribution in [3.05, 3.63) is 60.1 Å². The van der Waals surface area contributed by atoms with Crippen LogP contribution in [-0.4, -0.2) is 16.2 Å². The standard InChI is InChI=1S/C15H11N3/c1-4-10-13(16-7-1)11-5-2-9-18-15(11)12-6-3-8-17-14(10)12/h1-10,13H. The predicted octanol–water partition coefficient (Wildman–Crippen LogP) is 2.92. The summed E-state index contributed by atoms with van der Waals surface area (Å²) >= 11 is 0. The maximum Gasteiger partial charge on any atom is 0.0888 e. The molecule has 2 aromatic heterocycles. The quantitative estimate of drug-likeness (QED) is 0.701. The number of pyridine rings is 2. The molecule has 18 heavy (non-hydrogen) atoms. The molecule has 0 aromatic carbocycles. The van der Waals surface area contributed by atoms with Crippen LogP contribution in [0.1, 0.15) is 23.2 Å².